The number of fused-ring (bicyclic) bond motifs is 1. The van der Waals surface area contributed by atoms with Crippen LogP contribution >= 0.6 is 0 Å². The molecule has 1 N–H and O–H groups in total. The molecule has 1 fully saturated rings. The van der Waals surface area contributed by atoms with Crippen LogP contribution in [0.15, 0.2) is 95.9 Å². The third-order valence-corrected chi connectivity index (χ3v) is 7.84. The van der Waals surface area contributed by atoms with E-state index in [1.54, 1.807) is 35.2 Å². The summed E-state index contributed by atoms with van der Waals surface area (Å²) in [5.41, 5.74) is 2.41. The van der Waals surface area contributed by atoms with E-state index >= 15 is 0 Å². The molecule has 4 aromatic rings. The largest absolute Gasteiger partial charge is 0.489 e. The van der Waals surface area contributed by atoms with Gasteiger partial charge in [0.25, 0.3) is 0 Å². The summed E-state index contributed by atoms with van der Waals surface area (Å²) in [7, 11) is -3.90. The van der Waals surface area contributed by atoms with Crippen molar-refractivity contribution in [3.8, 4) is 11.8 Å². The molecule has 1 saturated heterocycles. The minimum atomic E-state index is -3.90. The van der Waals surface area contributed by atoms with Gasteiger partial charge in [-0.3, -0.25) is 4.79 Å². The van der Waals surface area contributed by atoms with Crippen molar-refractivity contribution >= 4 is 26.7 Å². The number of nitrogens with one attached hydrogen (secondary N) is 1. The van der Waals surface area contributed by atoms with Crippen LogP contribution < -0.4 is 9.46 Å². The number of amides is 1. The maximum Gasteiger partial charge on any atom is 0.241 e. The van der Waals surface area contributed by atoms with Crippen molar-refractivity contribution < 1.29 is 17.9 Å². The van der Waals surface area contributed by atoms with Gasteiger partial charge in [0.15, 0.2) is 0 Å². The van der Waals surface area contributed by atoms with E-state index in [0.717, 1.165) is 21.9 Å². The first-order chi connectivity index (χ1) is 17.9. The Balaban J connectivity index is 1.25. The van der Waals surface area contributed by atoms with Crippen LogP contribution in [0.5, 0.6) is 5.75 Å². The van der Waals surface area contributed by atoms with Crippen molar-refractivity contribution in [1.29, 1.82) is 5.26 Å². The summed E-state index contributed by atoms with van der Waals surface area (Å²) >= 11 is 0. The van der Waals surface area contributed by atoms with Crippen LogP contribution in [0.2, 0.25) is 0 Å². The van der Waals surface area contributed by atoms with E-state index in [-0.39, 0.29) is 10.8 Å². The van der Waals surface area contributed by atoms with Crippen molar-refractivity contribution in [2.45, 2.75) is 30.5 Å². The van der Waals surface area contributed by atoms with Crippen LogP contribution in [0.4, 0.5) is 0 Å². The number of nitrogens with zero attached hydrogens (tertiary/aromatic N) is 2. The molecule has 0 aromatic heterocycles. The molecule has 1 amide bonds. The van der Waals surface area contributed by atoms with Gasteiger partial charge >= 0.3 is 0 Å². The quantitative estimate of drug-likeness (QED) is 0.379. The summed E-state index contributed by atoms with van der Waals surface area (Å²) < 4.78 is 34.7. The first kappa shape index (κ1) is 24.5. The number of benzene rings is 4. The summed E-state index contributed by atoms with van der Waals surface area (Å²) in [5, 5.41) is 10.7. The first-order valence-corrected chi connectivity index (χ1v) is 13.4. The van der Waals surface area contributed by atoms with Crippen molar-refractivity contribution in [3.63, 3.8) is 0 Å². The van der Waals surface area contributed by atoms with Gasteiger partial charge in [-0.15, -0.1) is 0 Å². The predicted molar refractivity (Wildman–Crippen MR) is 140 cm³/mol. The molecule has 1 heterocycles. The van der Waals surface area contributed by atoms with E-state index in [1.807, 2.05) is 54.6 Å². The molecule has 1 aliphatic rings. The molecular weight excluding hydrogens is 486 g/mol. The molecular formula is C29H25N3O4S. The maximum atomic E-state index is 13.1. The van der Waals surface area contributed by atoms with E-state index in [1.165, 1.54) is 6.07 Å². The molecule has 0 aliphatic carbocycles. The molecule has 0 unspecified atom stereocenters. The Morgan fingerprint density at radius 1 is 0.919 bits per heavy atom. The van der Waals surface area contributed by atoms with Gasteiger partial charge in [0, 0.05) is 13.1 Å². The molecule has 0 spiro atoms. The molecule has 0 saturated carbocycles. The molecule has 37 heavy (non-hydrogen) atoms. The second-order valence-electron chi connectivity index (χ2n) is 8.98. The van der Waals surface area contributed by atoms with E-state index in [4.69, 9.17) is 10.00 Å². The number of likely N-dealkylation sites (tertiary alicyclic amines) is 1. The zero-order valence-corrected chi connectivity index (χ0v) is 20.8. The number of carbonyl (C=O) groups excluding carboxylic acids is 1. The highest BCUT2D eigenvalue weighted by molar-refractivity contribution is 7.89. The summed E-state index contributed by atoms with van der Waals surface area (Å²) in [6.07, 6.45) is 0.381. The minimum Gasteiger partial charge on any atom is -0.489 e. The van der Waals surface area contributed by atoms with Crippen LogP contribution in [0.25, 0.3) is 10.8 Å². The number of sulfonamides is 1. The Hall–Kier alpha value is -4.19. The molecule has 4 aromatic carbocycles. The molecule has 8 heteroatoms. The lowest BCUT2D eigenvalue weighted by Gasteiger charge is -2.17. The Morgan fingerprint density at radius 3 is 2.49 bits per heavy atom. The molecule has 186 valence electrons. The van der Waals surface area contributed by atoms with Gasteiger partial charge in [-0.05, 0) is 64.7 Å². The van der Waals surface area contributed by atoms with Gasteiger partial charge in [0.2, 0.25) is 15.9 Å². The first-order valence-electron chi connectivity index (χ1n) is 11.9. The lowest BCUT2D eigenvalue weighted by molar-refractivity contribution is -0.129. The van der Waals surface area contributed by atoms with Crippen LogP contribution in [0, 0.1) is 11.3 Å². The number of hydrogen-bond acceptors (Lipinski definition) is 5. The van der Waals surface area contributed by atoms with E-state index in [0.29, 0.717) is 37.4 Å². The number of ether oxygens (including phenoxy) is 1. The second kappa shape index (κ2) is 10.4. The highest BCUT2D eigenvalue weighted by Gasteiger charge is 2.35. The fourth-order valence-electron chi connectivity index (χ4n) is 4.42. The van der Waals surface area contributed by atoms with Crippen molar-refractivity contribution in [2.75, 3.05) is 6.54 Å². The zero-order chi connectivity index (χ0) is 25.8. The zero-order valence-electron chi connectivity index (χ0n) is 20.0. The second-order valence-corrected chi connectivity index (χ2v) is 10.7. The van der Waals surface area contributed by atoms with E-state index in [9.17, 15) is 13.2 Å². The van der Waals surface area contributed by atoms with Crippen molar-refractivity contribution in [3.05, 3.63) is 108 Å². The summed E-state index contributed by atoms with van der Waals surface area (Å²) in [6.45, 7) is 1.21. The molecule has 1 atom stereocenters. The van der Waals surface area contributed by atoms with Gasteiger partial charge in [-0.2, -0.15) is 9.98 Å². The van der Waals surface area contributed by atoms with Crippen LogP contribution in [-0.4, -0.2) is 31.8 Å². The number of rotatable bonds is 8. The van der Waals surface area contributed by atoms with E-state index < -0.39 is 16.1 Å². The summed E-state index contributed by atoms with van der Waals surface area (Å²) in [5.74, 6) is 0.425. The van der Waals surface area contributed by atoms with Gasteiger partial charge in [-0.25, -0.2) is 8.42 Å². The van der Waals surface area contributed by atoms with E-state index in [2.05, 4.69) is 10.8 Å². The minimum absolute atomic E-state index is 0.103. The van der Waals surface area contributed by atoms with Crippen LogP contribution in [0.1, 0.15) is 23.1 Å². The average Bonchev–Trinajstić information content (AvgIpc) is 3.25. The third-order valence-electron chi connectivity index (χ3n) is 6.37. The smallest absolute Gasteiger partial charge is 0.241 e. The lowest BCUT2D eigenvalue weighted by Crippen LogP contribution is -2.41. The normalized spacial score (nSPS) is 15.6. The van der Waals surface area contributed by atoms with Crippen molar-refractivity contribution in [1.82, 2.24) is 9.62 Å². The third kappa shape index (κ3) is 5.64. The molecule has 5 rings (SSSR count). The highest BCUT2D eigenvalue weighted by Crippen LogP contribution is 2.25. The molecule has 0 bridgehead atoms. The fraction of sp³-hybridized carbons (Fsp3) is 0.172. The fourth-order valence-corrected chi connectivity index (χ4v) is 5.68. The Labute approximate surface area is 216 Å². The van der Waals surface area contributed by atoms with Crippen LogP contribution in [-0.2, 0) is 28.0 Å². The standard InChI is InChI=1S/C29H25N3O4S/c30-18-22-7-4-8-23(15-22)19-32-14-13-28(29(32)33)31-37(34,35)27-12-10-24-16-26(11-9-25(24)17-27)36-20-21-5-2-1-3-6-21/h1-12,15-17,28,31H,13-14,19-20H2/t28-/m0/s1. The van der Waals surface area contributed by atoms with Crippen molar-refractivity contribution in [2.24, 2.45) is 0 Å². The lowest BCUT2D eigenvalue weighted by atomic mass is 10.1. The predicted octanol–water partition coefficient (Wildman–Crippen LogP) is 4.37. The molecule has 0 radical (unpaired) electrons. The number of hydrogen-bond donors (Lipinski definition) is 1. The van der Waals surface area contributed by atoms with Gasteiger partial charge < -0.3 is 9.64 Å². The molecule has 1 aliphatic heterocycles. The molecule has 7 nitrogen and oxygen atoms in total. The summed E-state index contributed by atoms with van der Waals surface area (Å²) in [6, 6.07) is 28.6. The Morgan fingerprint density at radius 2 is 1.68 bits per heavy atom. The topological polar surface area (TPSA) is 99.5 Å². The van der Waals surface area contributed by atoms with Gasteiger partial charge in [0.05, 0.1) is 16.5 Å². The monoisotopic (exact) mass is 511 g/mol. The van der Waals surface area contributed by atoms with Crippen LogP contribution in [0.3, 0.4) is 0 Å². The highest BCUT2D eigenvalue weighted by atomic mass is 32.2. The van der Waals surface area contributed by atoms with Gasteiger partial charge in [0.1, 0.15) is 18.4 Å². The maximum absolute atomic E-state index is 13.1. The number of nitriles is 1. The Kier molecular flexibility index (Phi) is 6.91. The number of carbonyl (C=O) groups is 1. The Bertz CT molecular complexity index is 1600. The summed E-state index contributed by atoms with van der Waals surface area (Å²) in [4.78, 5) is 14.6. The SMILES string of the molecule is N#Cc1cccc(CN2CC[C@H](NS(=O)(=O)c3ccc4cc(OCc5ccccc5)ccc4c3)C2=O)c1. The average molecular weight is 512 g/mol. The van der Waals surface area contributed by atoms with Gasteiger partial charge in [-0.1, -0.05) is 54.6 Å².